The van der Waals surface area contributed by atoms with E-state index in [4.69, 9.17) is 14.2 Å². The van der Waals surface area contributed by atoms with Gasteiger partial charge in [-0.05, 0) is 26.0 Å². The van der Waals surface area contributed by atoms with Crippen LogP contribution in [0, 0.1) is 0 Å². The number of carbonyl (C=O) groups is 1. The van der Waals surface area contributed by atoms with Crippen molar-refractivity contribution in [2.24, 2.45) is 0 Å². The third-order valence-corrected chi connectivity index (χ3v) is 2.93. The SMILES string of the molecule is COc1ccc2c(c1)OC(C)(C)C(OC)C2=O. The number of methoxy groups -OCH3 is 2. The van der Waals surface area contributed by atoms with Crippen LogP contribution < -0.4 is 9.47 Å². The minimum absolute atomic E-state index is 0.0543. The lowest BCUT2D eigenvalue weighted by atomic mass is 9.89. The fourth-order valence-electron chi connectivity index (χ4n) is 2.10. The van der Waals surface area contributed by atoms with E-state index in [2.05, 4.69) is 0 Å². The van der Waals surface area contributed by atoms with Gasteiger partial charge >= 0.3 is 0 Å². The molecule has 92 valence electrons. The number of benzene rings is 1. The van der Waals surface area contributed by atoms with Crippen LogP contribution in [0.5, 0.6) is 11.5 Å². The van der Waals surface area contributed by atoms with Gasteiger partial charge in [0, 0.05) is 13.2 Å². The van der Waals surface area contributed by atoms with E-state index in [1.807, 2.05) is 13.8 Å². The first kappa shape index (κ1) is 11.9. The van der Waals surface area contributed by atoms with Gasteiger partial charge in [-0.15, -0.1) is 0 Å². The smallest absolute Gasteiger partial charge is 0.199 e. The van der Waals surface area contributed by atoms with Gasteiger partial charge < -0.3 is 14.2 Å². The van der Waals surface area contributed by atoms with Gasteiger partial charge in [-0.25, -0.2) is 0 Å². The summed E-state index contributed by atoms with van der Waals surface area (Å²) in [5, 5.41) is 0. The predicted octanol–water partition coefficient (Wildman–Crippen LogP) is 2.06. The number of fused-ring (bicyclic) bond motifs is 1. The lowest BCUT2D eigenvalue weighted by Gasteiger charge is -2.37. The predicted molar refractivity (Wildman–Crippen MR) is 62.8 cm³/mol. The second-order valence-corrected chi connectivity index (χ2v) is 4.55. The molecule has 0 spiro atoms. The highest BCUT2D eigenvalue weighted by molar-refractivity contribution is 6.03. The standard InChI is InChI=1S/C13H16O4/c1-13(2)12(16-4)11(14)9-6-5-8(15-3)7-10(9)17-13/h5-7,12H,1-4H3. The lowest BCUT2D eigenvalue weighted by molar-refractivity contribution is -0.0447. The van der Waals surface area contributed by atoms with E-state index >= 15 is 0 Å². The summed E-state index contributed by atoms with van der Waals surface area (Å²) in [7, 11) is 3.09. The van der Waals surface area contributed by atoms with Crippen molar-refractivity contribution in [3.63, 3.8) is 0 Å². The average molecular weight is 236 g/mol. The van der Waals surface area contributed by atoms with Crippen LogP contribution >= 0.6 is 0 Å². The maximum Gasteiger partial charge on any atom is 0.199 e. The first-order valence-electron chi connectivity index (χ1n) is 5.43. The van der Waals surface area contributed by atoms with Gasteiger partial charge in [-0.1, -0.05) is 0 Å². The lowest BCUT2D eigenvalue weighted by Crippen LogP contribution is -2.51. The van der Waals surface area contributed by atoms with Crippen LogP contribution in [0.2, 0.25) is 0 Å². The van der Waals surface area contributed by atoms with Crippen LogP contribution in [0.15, 0.2) is 18.2 Å². The normalized spacial score (nSPS) is 21.6. The maximum atomic E-state index is 12.2. The van der Waals surface area contributed by atoms with Crippen LogP contribution in [-0.4, -0.2) is 31.7 Å². The van der Waals surface area contributed by atoms with Gasteiger partial charge in [-0.3, -0.25) is 4.79 Å². The third-order valence-electron chi connectivity index (χ3n) is 2.93. The summed E-state index contributed by atoms with van der Waals surface area (Å²) in [6.07, 6.45) is -0.580. The summed E-state index contributed by atoms with van der Waals surface area (Å²) < 4.78 is 16.2. The zero-order chi connectivity index (χ0) is 12.6. The molecule has 0 saturated heterocycles. The van der Waals surface area contributed by atoms with Crippen LogP contribution in [0.1, 0.15) is 24.2 Å². The Morgan fingerprint density at radius 3 is 2.59 bits per heavy atom. The van der Waals surface area contributed by atoms with Gasteiger partial charge in [0.15, 0.2) is 11.9 Å². The molecule has 17 heavy (non-hydrogen) atoms. The number of ketones is 1. The minimum Gasteiger partial charge on any atom is -0.497 e. The fraction of sp³-hybridized carbons (Fsp3) is 0.462. The van der Waals surface area contributed by atoms with E-state index in [1.54, 1.807) is 25.3 Å². The molecule has 1 aliphatic heterocycles. The van der Waals surface area contributed by atoms with Crippen molar-refractivity contribution in [3.05, 3.63) is 23.8 Å². The molecule has 0 saturated carbocycles. The molecule has 1 aliphatic rings. The van der Waals surface area contributed by atoms with Crippen LogP contribution in [0.4, 0.5) is 0 Å². The van der Waals surface area contributed by atoms with Gasteiger partial charge in [-0.2, -0.15) is 0 Å². The molecule has 0 bridgehead atoms. The molecular weight excluding hydrogens is 220 g/mol. The highest BCUT2D eigenvalue weighted by Gasteiger charge is 2.43. The highest BCUT2D eigenvalue weighted by atomic mass is 16.6. The Kier molecular flexibility index (Phi) is 2.83. The van der Waals surface area contributed by atoms with E-state index in [9.17, 15) is 4.79 Å². The van der Waals surface area contributed by atoms with E-state index in [1.165, 1.54) is 7.11 Å². The van der Waals surface area contributed by atoms with Crippen molar-refractivity contribution >= 4 is 5.78 Å². The Morgan fingerprint density at radius 2 is 2.00 bits per heavy atom. The zero-order valence-corrected chi connectivity index (χ0v) is 10.4. The minimum atomic E-state index is -0.675. The summed E-state index contributed by atoms with van der Waals surface area (Å²) in [5.41, 5.74) is -0.137. The number of hydrogen-bond acceptors (Lipinski definition) is 4. The average Bonchev–Trinajstić information content (AvgIpc) is 2.27. The van der Waals surface area contributed by atoms with E-state index < -0.39 is 11.7 Å². The van der Waals surface area contributed by atoms with Crippen molar-refractivity contribution in [1.82, 2.24) is 0 Å². The van der Waals surface area contributed by atoms with Gasteiger partial charge in [0.2, 0.25) is 0 Å². The highest BCUT2D eigenvalue weighted by Crippen LogP contribution is 2.36. The largest absolute Gasteiger partial charge is 0.497 e. The molecule has 0 aliphatic carbocycles. The van der Waals surface area contributed by atoms with Crippen LogP contribution in [-0.2, 0) is 4.74 Å². The van der Waals surface area contributed by atoms with Crippen LogP contribution in [0.3, 0.4) is 0 Å². The second-order valence-electron chi connectivity index (χ2n) is 4.55. The Morgan fingerprint density at radius 1 is 1.29 bits per heavy atom. The molecule has 1 heterocycles. The number of hydrogen-bond donors (Lipinski definition) is 0. The molecule has 0 fully saturated rings. The first-order chi connectivity index (χ1) is 7.99. The number of carbonyl (C=O) groups excluding carboxylic acids is 1. The number of rotatable bonds is 2. The molecule has 1 aromatic rings. The Hall–Kier alpha value is -1.55. The number of ether oxygens (including phenoxy) is 3. The van der Waals surface area contributed by atoms with Gasteiger partial charge in [0.25, 0.3) is 0 Å². The molecule has 0 aromatic heterocycles. The maximum absolute atomic E-state index is 12.2. The Balaban J connectivity index is 2.49. The van der Waals surface area contributed by atoms with Crippen molar-refractivity contribution in [3.8, 4) is 11.5 Å². The summed E-state index contributed by atoms with van der Waals surface area (Å²) in [6.45, 7) is 3.67. The Bertz CT molecular complexity index is 451. The summed E-state index contributed by atoms with van der Waals surface area (Å²) >= 11 is 0. The van der Waals surface area contributed by atoms with Crippen molar-refractivity contribution in [2.75, 3.05) is 14.2 Å². The van der Waals surface area contributed by atoms with E-state index in [0.717, 1.165) is 0 Å². The van der Waals surface area contributed by atoms with Gasteiger partial charge in [0.05, 0.1) is 12.7 Å². The third kappa shape index (κ3) is 1.89. The monoisotopic (exact) mass is 236 g/mol. The Labute approximate surface area is 100 Å². The summed E-state index contributed by atoms with van der Waals surface area (Å²) in [4.78, 5) is 12.2. The van der Waals surface area contributed by atoms with Gasteiger partial charge in [0.1, 0.15) is 17.1 Å². The molecule has 4 heteroatoms. The molecule has 1 atom stereocenters. The molecular formula is C13H16O4. The molecule has 1 unspecified atom stereocenters. The molecule has 0 radical (unpaired) electrons. The molecule has 0 amide bonds. The van der Waals surface area contributed by atoms with Crippen molar-refractivity contribution in [1.29, 1.82) is 0 Å². The quantitative estimate of drug-likeness (QED) is 0.788. The van der Waals surface area contributed by atoms with Crippen molar-refractivity contribution < 1.29 is 19.0 Å². The van der Waals surface area contributed by atoms with E-state index in [0.29, 0.717) is 17.1 Å². The second kappa shape index (κ2) is 4.04. The fourth-order valence-corrected chi connectivity index (χ4v) is 2.10. The molecule has 4 nitrogen and oxygen atoms in total. The topological polar surface area (TPSA) is 44.8 Å². The zero-order valence-electron chi connectivity index (χ0n) is 10.4. The number of Topliss-reactive ketones (excluding diaryl/α,β-unsaturated/α-hetero) is 1. The van der Waals surface area contributed by atoms with Crippen molar-refractivity contribution in [2.45, 2.75) is 25.6 Å². The van der Waals surface area contributed by atoms with Crippen LogP contribution in [0.25, 0.3) is 0 Å². The first-order valence-corrected chi connectivity index (χ1v) is 5.43. The molecule has 2 rings (SSSR count). The molecule has 0 N–H and O–H groups in total. The molecule has 1 aromatic carbocycles. The summed E-state index contributed by atoms with van der Waals surface area (Å²) in [6, 6.07) is 5.17. The summed E-state index contributed by atoms with van der Waals surface area (Å²) in [5.74, 6) is 1.16. The van der Waals surface area contributed by atoms with E-state index in [-0.39, 0.29) is 5.78 Å².